The fourth-order valence-electron chi connectivity index (χ4n) is 2.40. The number of ether oxygens (including phenoxy) is 1. The third kappa shape index (κ3) is 4.11. The van der Waals surface area contributed by atoms with Crippen LogP contribution in [-0.2, 0) is 9.59 Å². The number of amides is 1. The van der Waals surface area contributed by atoms with E-state index in [1.54, 1.807) is 12.0 Å². The van der Waals surface area contributed by atoms with Gasteiger partial charge in [-0.2, -0.15) is 0 Å². The summed E-state index contributed by atoms with van der Waals surface area (Å²) >= 11 is 0. The minimum atomic E-state index is -0.767. The zero-order valence-corrected chi connectivity index (χ0v) is 12.0. The van der Waals surface area contributed by atoms with Gasteiger partial charge in [0.15, 0.2) is 0 Å². The highest BCUT2D eigenvalue weighted by Gasteiger charge is 2.26. The summed E-state index contributed by atoms with van der Waals surface area (Å²) in [5.41, 5.74) is 0.822. The van der Waals surface area contributed by atoms with Crippen molar-refractivity contribution in [1.29, 1.82) is 0 Å². The quantitative estimate of drug-likeness (QED) is 0.858. The number of carboxylic acids is 1. The molecule has 0 saturated carbocycles. The van der Waals surface area contributed by atoms with E-state index >= 15 is 0 Å². The van der Waals surface area contributed by atoms with E-state index in [0.29, 0.717) is 25.9 Å². The second kappa shape index (κ2) is 6.97. The van der Waals surface area contributed by atoms with E-state index in [-0.39, 0.29) is 18.4 Å². The van der Waals surface area contributed by atoms with Crippen LogP contribution in [0.4, 0.5) is 5.69 Å². The standard InChI is InChI=1S/C15H20N2O4/c1-21-13-4-2-3-12(9-13)16-10-14(18)17-7-5-11(6-8-17)15(19)20/h2-4,9,11,16H,5-8,10H2,1H3,(H,19,20). The highest BCUT2D eigenvalue weighted by atomic mass is 16.5. The third-order valence-electron chi connectivity index (χ3n) is 3.71. The number of carbonyl (C=O) groups excluding carboxylic acids is 1. The maximum Gasteiger partial charge on any atom is 0.306 e. The highest BCUT2D eigenvalue weighted by molar-refractivity contribution is 5.81. The van der Waals surface area contributed by atoms with Crippen LogP contribution in [0.1, 0.15) is 12.8 Å². The van der Waals surface area contributed by atoms with Gasteiger partial charge >= 0.3 is 5.97 Å². The summed E-state index contributed by atoms with van der Waals surface area (Å²) in [5.74, 6) is -0.367. The molecule has 114 valence electrons. The molecule has 21 heavy (non-hydrogen) atoms. The van der Waals surface area contributed by atoms with Gasteiger partial charge in [-0.1, -0.05) is 6.07 Å². The molecule has 2 rings (SSSR count). The summed E-state index contributed by atoms with van der Waals surface area (Å²) in [6.07, 6.45) is 1.06. The molecule has 0 bridgehead atoms. The smallest absolute Gasteiger partial charge is 0.306 e. The van der Waals surface area contributed by atoms with Gasteiger partial charge in [0.25, 0.3) is 0 Å². The Bertz CT molecular complexity index is 510. The van der Waals surface area contributed by atoms with Gasteiger partial charge in [0.1, 0.15) is 5.75 Å². The summed E-state index contributed by atoms with van der Waals surface area (Å²) < 4.78 is 5.12. The molecule has 1 aromatic rings. The van der Waals surface area contributed by atoms with Crippen molar-refractivity contribution < 1.29 is 19.4 Å². The number of carboxylic acid groups (broad SMARTS) is 1. The van der Waals surface area contributed by atoms with Crippen molar-refractivity contribution in [3.8, 4) is 5.75 Å². The van der Waals surface area contributed by atoms with Gasteiger partial charge in [0.05, 0.1) is 19.6 Å². The molecule has 6 heteroatoms. The molecule has 0 unspecified atom stereocenters. The van der Waals surface area contributed by atoms with Crippen molar-refractivity contribution in [3.63, 3.8) is 0 Å². The Hall–Kier alpha value is -2.24. The second-order valence-corrected chi connectivity index (χ2v) is 5.08. The first-order valence-electron chi connectivity index (χ1n) is 6.98. The molecule has 0 atom stereocenters. The fourth-order valence-corrected chi connectivity index (χ4v) is 2.40. The summed E-state index contributed by atoms with van der Waals surface area (Å²) in [4.78, 5) is 24.7. The molecule has 1 saturated heterocycles. The molecule has 1 aliphatic heterocycles. The number of nitrogens with one attached hydrogen (secondary N) is 1. The Morgan fingerprint density at radius 1 is 1.38 bits per heavy atom. The number of methoxy groups -OCH3 is 1. The van der Waals surface area contributed by atoms with Crippen LogP contribution in [0, 0.1) is 5.92 Å². The molecule has 0 aromatic heterocycles. The number of nitrogens with zero attached hydrogens (tertiary/aromatic N) is 1. The van der Waals surface area contributed by atoms with Crippen LogP contribution in [0.2, 0.25) is 0 Å². The molecular weight excluding hydrogens is 272 g/mol. The Balaban J connectivity index is 1.81. The van der Waals surface area contributed by atoms with Crippen molar-refractivity contribution in [3.05, 3.63) is 24.3 Å². The van der Waals surface area contributed by atoms with Crippen LogP contribution in [0.25, 0.3) is 0 Å². The van der Waals surface area contributed by atoms with E-state index in [2.05, 4.69) is 5.32 Å². The molecule has 2 N–H and O–H groups in total. The lowest BCUT2D eigenvalue weighted by Gasteiger charge is -2.30. The molecule has 1 aromatic carbocycles. The maximum atomic E-state index is 12.1. The number of carbonyl (C=O) groups is 2. The number of piperidine rings is 1. The Morgan fingerprint density at radius 3 is 2.71 bits per heavy atom. The van der Waals surface area contributed by atoms with E-state index in [1.807, 2.05) is 24.3 Å². The van der Waals surface area contributed by atoms with Crippen LogP contribution in [-0.4, -0.2) is 48.6 Å². The average molecular weight is 292 g/mol. The van der Waals surface area contributed by atoms with Crippen molar-refractivity contribution >= 4 is 17.6 Å². The number of hydrogen-bond donors (Lipinski definition) is 2. The van der Waals surface area contributed by atoms with Crippen LogP contribution in [0.3, 0.4) is 0 Å². The maximum absolute atomic E-state index is 12.1. The topological polar surface area (TPSA) is 78.9 Å². The van der Waals surface area contributed by atoms with E-state index in [0.717, 1.165) is 11.4 Å². The molecule has 1 heterocycles. The molecule has 1 fully saturated rings. The minimum absolute atomic E-state index is 0.0124. The summed E-state index contributed by atoms with van der Waals surface area (Å²) in [7, 11) is 1.59. The van der Waals surface area contributed by atoms with E-state index < -0.39 is 5.97 Å². The van der Waals surface area contributed by atoms with Gasteiger partial charge in [-0.05, 0) is 25.0 Å². The van der Waals surface area contributed by atoms with Crippen molar-refractivity contribution in [2.45, 2.75) is 12.8 Å². The first-order chi connectivity index (χ1) is 10.1. The molecule has 0 aliphatic carbocycles. The van der Waals surface area contributed by atoms with E-state index in [4.69, 9.17) is 9.84 Å². The van der Waals surface area contributed by atoms with Gasteiger partial charge in [0.2, 0.25) is 5.91 Å². The van der Waals surface area contributed by atoms with Crippen LogP contribution in [0.5, 0.6) is 5.75 Å². The average Bonchev–Trinajstić information content (AvgIpc) is 2.53. The van der Waals surface area contributed by atoms with Crippen molar-refractivity contribution in [1.82, 2.24) is 4.90 Å². The van der Waals surface area contributed by atoms with E-state index in [1.165, 1.54) is 0 Å². The SMILES string of the molecule is COc1cccc(NCC(=O)N2CCC(C(=O)O)CC2)c1. The van der Waals surface area contributed by atoms with E-state index in [9.17, 15) is 9.59 Å². The number of likely N-dealkylation sites (tertiary alicyclic amines) is 1. The van der Waals surface area contributed by atoms with Crippen molar-refractivity contribution in [2.75, 3.05) is 32.1 Å². The lowest BCUT2D eigenvalue weighted by Crippen LogP contribution is -2.42. The molecule has 0 radical (unpaired) electrons. The zero-order chi connectivity index (χ0) is 15.2. The Morgan fingerprint density at radius 2 is 2.10 bits per heavy atom. The zero-order valence-electron chi connectivity index (χ0n) is 12.0. The molecular formula is C15H20N2O4. The van der Waals surface area contributed by atoms with Gasteiger partial charge < -0.3 is 20.1 Å². The minimum Gasteiger partial charge on any atom is -0.497 e. The lowest BCUT2D eigenvalue weighted by atomic mass is 9.97. The number of hydrogen-bond acceptors (Lipinski definition) is 4. The highest BCUT2D eigenvalue weighted by Crippen LogP contribution is 2.18. The molecule has 1 amide bonds. The first kappa shape index (κ1) is 15.2. The second-order valence-electron chi connectivity index (χ2n) is 5.08. The van der Waals surface area contributed by atoms with Gasteiger partial charge in [-0.15, -0.1) is 0 Å². The molecule has 0 spiro atoms. The van der Waals surface area contributed by atoms with Crippen LogP contribution >= 0.6 is 0 Å². The van der Waals surface area contributed by atoms with Gasteiger partial charge in [-0.3, -0.25) is 9.59 Å². The number of rotatable bonds is 5. The summed E-state index contributed by atoms with van der Waals surface area (Å²) in [6.45, 7) is 1.22. The monoisotopic (exact) mass is 292 g/mol. The predicted molar refractivity (Wildman–Crippen MR) is 78.4 cm³/mol. The first-order valence-corrected chi connectivity index (χ1v) is 6.98. The third-order valence-corrected chi connectivity index (χ3v) is 3.71. The lowest BCUT2D eigenvalue weighted by molar-refractivity contribution is -0.145. The van der Waals surface area contributed by atoms with Crippen LogP contribution < -0.4 is 10.1 Å². The largest absolute Gasteiger partial charge is 0.497 e. The summed E-state index contributed by atoms with van der Waals surface area (Å²) in [5, 5.41) is 12.0. The van der Waals surface area contributed by atoms with Gasteiger partial charge in [-0.25, -0.2) is 0 Å². The number of anilines is 1. The molecule has 6 nitrogen and oxygen atoms in total. The number of aliphatic carboxylic acids is 1. The Labute approximate surface area is 123 Å². The van der Waals surface area contributed by atoms with Crippen molar-refractivity contribution in [2.24, 2.45) is 5.92 Å². The predicted octanol–water partition coefficient (Wildman–Crippen LogP) is 1.43. The fraction of sp³-hybridized carbons (Fsp3) is 0.467. The Kier molecular flexibility index (Phi) is 5.03. The number of benzene rings is 1. The molecule has 1 aliphatic rings. The van der Waals surface area contributed by atoms with Gasteiger partial charge in [0, 0.05) is 24.8 Å². The summed E-state index contributed by atoms with van der Waals surface area (Å²) in [6, 6.07) is 7.38. The normalized spacial score (nSPS) is 15.6. The van der Waals surface area contributed by atoms with Crippen LogP contribution in [0.15, 0.2) is 24.3 Å².